The van der Waals surface area contributed by atoms with Crippen LogP contribution in [-0.2, 0) is 10.2 Å². The number of carbonyl (C=O) groups excluding carboxylic acids is 1. The van der Waals surface area contributed by atoms with Crippen molar-refractivity contribution in [2.45, 2.75) is 40.0 Å². The van der Waals surface area contributed by atoms with Crippen molar-refractivity contribution in [2.75, 3.05) is 6.61 Å². The highest BCUT2D eigenvalue weighted by Crippen LogP contribution is 2.32. The molecule has 0 fully saturated rings. The minimum atomic E-state index is -0.347. The van der Waals surface area contributed by atoms with Crippen molar-refractivity contribution in [3.8, 4) is 11.5 Å². The molecular weight excluding hydrogens is 338 g/mol. The van der Waals surface area contributed by atoms with Crippen molar-refractivity contribution in [1.29, 1.82) is 0 Å². The van der Waals surface area contributed by atoms with E-state index in [1.807, 2.05) is 31.2 Å². The van der Waals surface area contributed by atoms with Crippen LogP contribution >= 0.6 is 0 Å². The maximum absolute atomic E-state index is 12.1. The minimum absolute atomic E-state index is 0.0903. The molecule has 4 heteroatoms. The molecule has 0 aliphatic carbocycles. The van der Waals surface area contributed by atoms with Crippen LogP contribution in [0, 0.1) is 6.92 Å². The van der Waals surface area contributed by atoms with Crippen LogP contribution in [0.2, 0.25) is 0 Å². The second-order valence-corrected chi connectivity index (χ2v) is 7.59. The van der Waals surface area contributed by atoms with Crippen molar-refractivity contribution in [2.24, 2.45) is 0 Å². The van der Waals surface area contributed by atoms with E-state index in [1.54, 1.807) is 19.1 Å². The lowest BCUT2D eigenvalue weighted by molar-refractivity contribution is 0.0526. The Morgan fingerprint density at radius 3 is 2.37 bits per heavy atom. The van der Waals surface area contributed by atoms with E-state index in [0.29, 0.717) is 17.9 Å². The van der Waals surface area contributed by atoms with Gasteiger partial charge in [0.25, 0.3) is 0 Å². The Morgan fingerprint density at radius 2 is 1.74 bits per heavy atom. The highest BCUT2D eigenvalue weighted by molar-refractivity contribution is 5.96. The lowest BCUT2D eigenvalue weighted by atomic mass is 9.87. The van der Waals surface area contributed by atoms with E-state index in [1.165, 1.54) is 5.56 Å². The Hall–Kier alpha value is -2.88. The summed E-state index contributed by atoms with van der Waals surface area (Å²) in [4.78, 5) is 16.6. The average molecular weight is 363 g/mol. The van der Waals surface area contributed by atoms with E-state index in [-0.39, 0.29) is 11.4 Å². The van der Waals surface area contributed by atoms with Crippen LogP contribution in [0.3, 0.4) is 0 Å². The molecule has 27 heavy (non-hydrogen) atoms. The number of fused-ring (bicyclic) bond motifs is 1. The topological polar surface area (TPSA) is 48.4 Å². The Balaban J connectivity index is 1.99. The number of benzene rings is 2. The average Bonchev–Trinajstić information content (AvgIpc) is 2.61. The van der Waals surface area contributed by atoms with Crippen molar-refractivity contribution in [3.05, 3.63) is 65.4 Å². The fourth-order valence-corrected chi connectivity index (χ4v) is 2.90. The number of pyridine rings is 1. The second kappa shape index (κ2) is 7.39. The molecule has 0 aliphatic rings. The van der Waals surface area contributed by atoms with E-state index < -0.39 is 0 Å². The van der Waals surface area contributed by atoms with Crippen molar-refractivity contribution in [1.82, 2.24) is 4.98 Å². The molecule has 0 atom stereocenters. The molecule has 0 radical (unpaired) electrons. The number of hydrogen-bond donors (Lipinski definition) is 0. The molecule has 0 amide bonds. The number of aryl methyl sites for hydroxylation is 1. The molecule has 3 rings (SSSR count). The standard InChI is InChI=1S/C23H25NO3/c1-6-26-22(25)16-7-12-20-19(14-16)21(13-15(2)24-20)27-18-10-8-17(9-11-18)23(3,4)5/h7-14H,6H2,1-5H3. The Labute approximate surface area is 160 Å². The zero-order valence-corrected chi connectivity index (χ0v) is 16.5. The molecule has 140 valence electrons. The number of esters is 1. The minimum Gasteiger partial charge on any atom is -0.462 e. The molecule has 0 spiro atoms. The van der Waals surface area contributed by atoms with Crippen LogP contribution in [0.4, 0.5) is 0 Å². The van der Waals surface area contributed by atoms with Gasteiger partial charge in [0.15, 0.2) is 0 Å². The van der Waals surface area contributed by atoms with Gasteiger partial charge in [-0.2, -0.15) is 0 Å². The normalized spacial score (nSPS) is 11.4. The molecule has 0 saturated carbocycles. The summed E-state index contributed by atoms with van der Waals surface area (Å²) < 4.78 is 11.2. The monoisotopic (exact) mass is 363 g/mol. The first kappa shape index (κ1) is 18.9. The fourth-order valence-electron chi connectivity index (χ4n) is 2.90. The number of carbonyl (C=O) groups is 1. The molecule has 0 unspecified atom stereocenters. The summed E-state index contributed by atoms with van der Waals surface area (Å²) in [5.41, 5.74) is 3.46. The van der Waals surface area contributed by atoms with Gasteiger partial charge in [0.05, 0.1) is 17.7 Å². The predicted octanol–water partition coefficient (Wildman–Crippen LogP) is 5.81. The van der Waals surface area contributed by atoms with Crippen LogP contribution in [-0.4, -0.2) is 17.6 Å². The number of nitrogens with zero attached hydrogens (tertiary/aromatic N) is 1. The summed E-state index contributed by atoms with van der Waals surface area (Å²) in [5, 5.41) is 0.783. The highest BCUT2D eigenvalue weighted by atomic mass is 16.5. The lowest BCUT2D eigenvalue weighted by Crippen LogP contribution is -2.10. The van der Waals surface area contributed by atoms with Gasteiger partial charge >= 0.3 is 5.97 Å². The van der Waals surface area contributed by atoms with Gasteiger partial charge < -0.3 is 9.47 Å². The molecule has 0 saturated heterocycles. The zero-order valence-electron chi connectivity index (χ0n) is 16.5. The van der Waals surface area contributed by atoms with Crippen LogP contribution in [0.15, 0.2) is 48.5 Å². The first-order valence-electron chi connectivity index (χ1n) is 9.15. The summed E-state index contributed by atoms with van der Waals surface area (Å²) in [6, 6.07) is 15.3. The summed E-state index contributed by atoms with van der Waals surface area (Å²) >= 11 is 0. The number of ether oxygens (including phenoxy) is 2. The highest BCUT2D eigenvalue weighted by Gasteiger charge is 2.15. The van der Waals surface area contributed by atoms with Gasteiger partial charge in [0, 0.05) is 17.1 Å². The predicted molar refractivity (Wildman–Crippen MR) is 108 cm³/mol. The molecule has 2 aromatic carbocycles. The first-order valence-corrected chi connectivity index (χ1v) is 9.15. The summed E-state index contributed by atoms with van der Waals surface area (Å²) in [6.07, 6.45) is 0. The van der Waals surface area contributed by atoms with Crippen molar-refractivity contribution < 1.29 is 14.3 Å². The van der Waals surface area contributed by atoms with Gasteiger partial charge in [-0.05, 0) is 55.2 Å². The van der Waals surface area contributed by atoms with Gasteiger partial charge in [-0.3, -0.25) is 4.98 Å². The van der Waals surface area contributed by atoms with E-state index in [0.717, 1.165) is 22.3 Å². The SMILES string of the molecule is CCOC(=O)c1ccc2nc(C)cc(Oc3ccc(C(C)(C)C)cc3)c2c1. The van der Waals surface area contributed by atoms with Crippen LogP contribution < -0.4 is 4.74 Å². The maximum atomic E-state index is 12.1. The maximum Gasteiger partial charge on any atom is 0.338 e. The fraction of sp³-hybridized carbons (Fsp3) is 0.304. The van der Waals surface area contributed by atoms with Crippen LogP contribution in [0.5, 0.6) is 11.5 Å². The van der Waals surface area contributed by atoms with Crippen molar-refractivity contribution >= 4 is 16.9 Å². The number of hydrogen-bond acceptors (Lipinski definition) is 4. The van der Waals surface area contributed by atoms with Gasteiger partial charge in [0.2, 0.25) is 0 Å². The molecule has 1 aromatic heterocycles. The summed E-state index contributed by atoms with van der Waals surface area (Å²) in [5.74, 6) is 1.07. The number of rotatable bonds is 4. The second-order valence-electron chi connectivity index (χ2n) is 7.59. The zero-order chi connectivity index (χ0) is 19.6. The smallest absolute Gasteiger partial charge is 0.338 e. The van der Waals surface area contributed by atoms with Gasteiger partial charge in [0.1, 0.15) is 11.5 Å². The molecule has 1 heterocycles. The van der Waals surface area contributed by atoms with Crippen LogP contribution in [0.1, 0.15) is 49.3 Å². The van der Waals surface area contributed by atoms with E-state index in [4.69, 9.17) is 9.47 Å². The van der Waals surface area contributed by atoms with Gasteiger partial charge in [-0.15, -0.1) is 0 Å². The molecule has 4 nitrogen and oxygen atoms in total. The third-order valence-electron chi connectivity index (χ3n) is 4.36. The third kappa shape index (κ3) is 4.27. The van der Waals surface area contributed by atoms with Crippen molar-refractivity contribution in [3.63, 3.8) is 0 Å². The van der Waals surface area contributed by atoms with Gasteiger partial charge in [-0.25, -0.2) is 4.79 Å². The lowest BCUT2D eigenvalue weighted by Gasteiger charge is -2.19. The summed E-state index contributed by atoms with van der Waals surface area (Å²) in [6.45, 7) is 10.6. The molecule has 0 N–H and O–H groups in total. The summed E-state index contributed by atoms with van der Waals surface area (Å²) in [7, 11) is 0. The number of aromatic nitrogens is 1. The van der Waals surface area contributed by atoms with E-state index >= 15 is 0 Å². The largest absolute Gasteiger partial charge is 0.462 e. The van der Waals surface area contributed by atoms with Gasteiger partial charge in [-0.1, -0.05) is 32.9 Å². The third-order valence-corrected chi connectivity index (χ3v) is 4.36. The van der Waals surface area contributed by atoms with E-state index in [9.17, 15) is 4.79 Å². The first-order chi connectivity index (χ1) is 12.8. The Kier molecular flexibility index (Phi) is 5.17. The quantitative estimate of drug-likeness (QED) is 0.549. The Bertz CT molecular complexity index is 969. The molecule has 0 bridgehead atoms. The van der Waals surface area contributed by atoms with E-state index in [2.05, 4.69) is 37.9 Å². The van der Waals surface area contributed by atoms with Crippen LogP contribution in [0.25, 0.3) is 10.9 Å². The Morgan fingerprint density at radius 1 is 1.04 bits per heavy atom. The molecule has 0 aliphatic heterocycles. The molecular formula is C23H25NO3. The molecule has 3 aromatic rings.